The molecule has 0 aliphatic carbocycles. The number of halogens is 2. The van der Waals surface area contributed by atoms with Gasteiger partial charge >= 0.3 is 0 Å². The predicted molar refractivity (Wildman–Crippen MR) is 87.3 cm³/mol. The molecule has 128 valence electrons. The Morgan fingerprint density at radius 2 is 1.92 bits per heavy atom. The molecule has 1 amide bonds. The van der Waals surface area contributed by atoms with E-state index in [1.165, 1.54) is 6.07 Å². The number of aromatic nitrogens is 2. The average molecular weight is 335 g/mol. The lowest BCUT2D eigenvalue weighted by molar-refractivity contribution is 0.0946. The molecule has 0 aliphatic heterocycles. The largest absolute Gasteiger partial charge is 0.349 e. The van der Waals surface area contributed by atoms with Gasteiger partial charge in [-0.25, -0.2) is 18.7 Å². The van der Waals surface area contributed by atoms with Crippen LogP contribution in [0.5, 0.6) is 0 Å². The second kappa shape index (κ2) is 7.78. The summed E-state index contributed by atoms with van der Waals surface area (Å²) in [6.45, 7) is 2.91. The fraction of sp³-hybridized carbons (Fsp3) is 0.312. The van der Waals surface area contributed by atoms with Gasteiger partial charge in [-0.05, 0) is 39.2 Å². The highest BCUT2D eigenvalue weighted by atomic mass is 19.2. The summed E-state index contributed by atoms with van der Waals surface area (Å²) in [5.41, 5.74) is 1.07. The SMILES string of the molecule is Cc1cc(C(=O)NCCN(C)C)nc(Nc2ccc(F)c(F)c2)n1. The number of benzene rings is 1. The lowest BCUT2D eigenvalue weighted by atomic mass is 10.3. The van der Waals surface area contributed by atoms with Crippen molar-refractivity contribution in [2.45, 2.75) is 6.92 Å². The van der Waals surface area contributed by atoms with Crippen LogP contribution in [0.4, 0.5) is 20.4 Å². The zero-order valence-electron chi connectivity index (χ0n) is 13.7. The predicted octanol–water partition coefficient (Wildman–Crippen LogP) is 2.10. The van der Waals surface area contributed by atoms with E-state index in [1.807, 2.05) is 19.0 Å². The molecule has 2 aromatic rings. The van der Waals surface area contributed by atoms with E-state index in [1.54, 1.807) is 13.0 Å². The molecule has 0 atom stereocenters. The lowest BCUT2D eigenvalue weighted by Gasteiger charge is -2.11. The molecule has 24 heavy (non-hydrogen) atoms. The molecule has 8 heteroatoms. The fourth-order valence-electron chi connectivity index (χ4n) is 1.93. The number of nitrogens with one attached hydrogen (secondary N) is 2. The summed E-state index contributed by atoms with van der Waals surface area (Å²) in [5, 5.41) is 5.52. The highest BCUT2D eigenvalue weighted by Crippen LogP contribution is 2.17. The van der Waals surface area contributed by atoms with E-state index >= 15 is 0 Å². The van der Waals surface area contributed by atoms with Crippen molar-refractivity contribution in [3.8, 4) is 0 Å². The first-order valence-corrected chi connectivity index (χ1v) is 7.36. The third-order valence-electron chi connectivity index (χ3n) is 3.11. The van der Waals surface area contributed by atoms with Crippen LogP contribution in [0.25, 0.3) is 0 Å². The summed E-state index contributed by atoms with van der Waals surface area (Å²) < 4.78 is 26.2. The Labute approximate surface area is 138 Å². The van der Waals surface area contributed by atoms with Crippen LogP contribution < -0.4 is 10.6 Å². The molecule has 2 N–H and O–H groups in total. The molecule has 1 aromatic carbocycles. The molecule has 0 spiro atoms. The lowest BCUT2D eigenvalue weighted by Crippen LogP contribution is -2.32. The maximum absolute atomic E-state index is 13.2. The van der Waals surface area contributed by atoms with Crippen molar-refractivity contribution in [3.05, 3.63) is 47.3 Å². The van der Waals surface area contributed by atoms with E-state index in [4.69, 9.17) is 0 Å². The Morgan fingerprint density at radius 3 is 2.58 bits per heavy atom. The summed E-state index contributed by atoms with van der Waals surface area (Å²) in [6, 6.07) is 4.92. The number of carbonyl (C=O) groups excluding carboxylic acids is 1. The van der Waals surface area contributed by atoms with Crippen molar-refractivity contribution in [1.82, 2.24) is 20.2 Å². The standard InChI is InChI=1S/C16H19F2N5O/c1-10-8-14(15(24)19-6-7-23(2)3)22-16(20-10)21-11-4-5-12(17)13(18)9-11/h4-5,8-9H,6-7H2,1-3H3,(H,19,24)(H,20,21,22). The van der Waals surface area contributed by atoms with E-state index in [0.29, 0.717) is 24.5 Å². The second-order valence-electron chi connectivity index (χ2n) is 5.53. The third kappa shape index (κ3) is 4.95. The van der Waals surface area contributed by atoms with Crippen LogP contribution in [-0.2, 0) is 0 Å². The summed E-state index contributed by atoms with van der Waals surface area (Å²) in [6.07, 6.45) is 0. The van der Waals surface area contributed by atoms with Gasteiger partial charge in [-0.2, -0.15) is 0 Å². The number of carbonyl (C=O) groups is 1. The van der Waals surface area contributed by atoms with E-state index in [0.717, 1.165) is 12.1 Å². The van der Waals surface area contributed by atoms with Crippen molar-refractivity contribution in [2.24, 2.45) is 0 Å². The van der Waals surface area contributed by atoms with E-state index in [2.05, 4.69) is 20.6 Å². The first-order valence-electron chi connectivity index (χ1n) is 7.36. The number of amides is 1. The molecule has 0 saturated heterocycles. The Morgan fingerprint density at radius 1 is 1.17 bits per heavy atom. The topological polar surface area (TPSA) is 70.2 Å². The average Bonchev–Trinajstić information content (AvgIpc) is 2.50. The van der Waals surface area contributed by atoms with Crippen LogP contribution in [0.3, 0.4) is 0 Å². The molecular weight excluding hydrogens is 316 g/mol. The first-order chi connectivity index (χ1) is 11.3. The highest BCUT2D eigenvalue weighted by molar-refractivity contribution is 5.92. The number of likely N-dealkylation sites (N-methyl/N-ethyl adjacent to an activating group) is 1. The van der Waals surface area contributed by atoms with Gasteiger partial charge in [0.15, 0.2) is 11.6 Å². The number of aryl methyl sites for hydroxylation is 1. The number of nitrogens with zero attached hydrogens (tertiary/aromatic N) is 3. The Hall–Kier alpha value is -2.61. The van der Waals surface area contributed by atoms with Gasteiger partial charge in [0.1, 0.15) is 5.69 Å². The molecule has 0 aliphatic rings. The van der Waals surface area contributed by atoms with Crippen LogP contribution in [-0.4, -0.2) is 48.0 Å². The number of hydrogen-bond donors (Lipinski definition) is 2. The van der Waals surface area contributed by atoms with E-state index in [-0.39, 0.29) is 17.5 Å². The van der Waals surface area contributed by atoms with Crippen LogP contribution in [0.1, 0.15) is 16.2 Å². The molecular formula is C16H19F2N5O. The Kier molecular flexibility index (Phi) is 5.75. The quantitative estimate of drug-likeness (QED) is 0.846. The van der Waals surface area contributed by atoms with Crippen molar-refractivity contribution >= 4 is 17.5 Å². The van der Waals surface area contributed by atoms with Crippen molar-refractivity contribution < 1.29 is 13.6 Å². The summed E-state index contributed by atoms with van der Waals surface area (Å²) in [5.74, 6) is -2.10. The smallest absolute Gasteiger partial charge is 0.270 e. The van der Waals surface area contributed by atoms with Crippen molar-refractivity contribution in [2.75, 3.05) is 32.5 Å². The molecule has 1 aromatic heterocycles. The summed E-state index contributed by atoms with van der Waals surface area (Å²) >= 11 is 0. The van der Waals surface area contributed by atoms with Crippen LogP contribution in [0, 0.1) is 18.6 Å². The van der Waals surface area contributed by atoms with Crippen molar-refractivity contribution in [1.29, 1.82) is 0 Å². The van der Waals surface area contributed by atoms with Gasteiger partial charge in [0.25, 0.3) is 5.91 Å². The first kappa shape index (κ1) is 17.7. The molecule has 0 fully saturated rings. The Bertz CT molecular complexity index is 736. The second-order valence-corrected chi connectivity index (χ2v) is 5.53. The maximum Gasteiger partial charge on any atom is 0.270 e. The number of anilines is 2. The minimum absolute atomic E-state index is 0.138. The zero-order valence-corrected chi connectivity index (χ0v) is 13.7. The van der Waals surface area contributed by atoms with E-state index < -0.39 is 11.6 Å². The van der Waals surface area contributed by atoms with Gasteiger partial charge < -0.3 is 15.5 Å². The minimum Gasteiger partial charge on any atom is -0.349 e. The van der Waals surface area contributed by atoms with Gasteiger partial charge in [0.05, 0.1) is 0 Å². The Balaban J connectivity index is 2.12. The molecule has 2 rings (SSSR count). The van der Waals surface area contributed by atoms with Gasteiger partial charge in [-0.15, -0.1) is 0 Å². The van der Waals surface area contributed by atoms with Crippen molar-refractivity contribution in [3.63, 3.8) is 0 Å². The molecule has 0 radical (unpaired) electrons. The van der Waals surface area contributed by atoms with Gasteiger partial charge in [-0.3, -0.25) is 4.79 Å². The number of rotatable bonds is 6. The molecule has 6 nitrogen and oxygen atoms in total. The third-order valence-corrected chi connectivity index (χ3v) is 3.11. The summed E-state index contributed by atoms with van der Waals surface area (Å²) in [7, 11) is 3.82. The highest BCUT2D eigenvalue weighted by Gasteiger charge is 2.11. The zero-order chi connectivity index (χ0) is 17.7. The minimum atomic E-state index is -0.977. The molecule has 0 bridgehead atoms. The fourth-order valence-corrected chi connectivity index (χ4v) is 1.93. The molecule has 0 unspecified atom stereocenters. The van der Waals surface area contributed by atoms with Gasteiger partial charge in [0, 0.05) is 30.5 Å². The maximum atomic E-state index is 13.2. The summed E-state index contributed by atoms with van der Waals surface area (Å²) in [4.78, 5) is 22.3. The number of hydrogen-bond acceptors (Lipinski definition) is 5. The van der Waals surface area contributed by atoms with Gasteiger partial charge in [0.2, 0.25) is 5.95 Å². The van der Waals surface area contributed by atoms with E-state index in [9.17, 15) is 13.6 Å². The molecule has 0 saturated carbocycles. The monoisotopic (exact) mass is 335 g/mol. The van der Waals surface area contributed by atoms with Crippen LogP contribution >= 0.6 is 0 Å². The van der Waals surface area contributed by atoms with Gasteiger partial charge in [-0.1, -0.05) is 0 Å². The molecule has 1 heterocycles. The van der Waals surface area contributed by atoms with Crippen LogP contribution in [0.15, 0.2) is 24.3 Å². The normalized spacial score (nSPS) is 10.8. The van der Waals surface area contributed by atoms with Crippen LogP contribution in [0.2, 0.25) is 0 Å².